The summed E-state index contributed by atoms with van der Waals surface area (Å²) in [4.78, 5) is 13.6. The van der Waals surface area contributed by atoms with Crippen molar-refractivity contribution in [3.05, 3.63) is 52.9 Å². The number of azide groups is 1. The van der Waals surface area contributed by atoms with Crippen molar-refractivity contribution in [2.75, 3.05) is 6.61 Å². The molecule has 88 valence electrons. The van der Waals surface area contributed by atoms with E-state index in [0.29, 0.717) is 17.9 Å². The smallest absolute Gasteiger partial charge is 0.249 e. The molecular formula is C12H13N3O2. The lowest BCUT2D eigenvalue weighted by Gasteiger charge is -2.05. The van der Waals surface area contributed by atoms with Crippen molar-refractivity contribution in [3.8, 4) is 5.75 Å². The molecule has 1 aromatic rings. The SMILES string of the molecule is C=CCCCOc1ccc(C(=O)N=[N+]=[N-])cc1. The zero-order valence-electron chi connectivity index (χ0n) is 9.37. The van der Waals surface area contributed by atoms with Gasteiger partial charge in [-0.05, 0) is 47.8 Å². The van der Waals surface area contributed by atoms with Crippen LogP contribution in [0.25, 0.3) is 10.4 Å². The summed E-state index contributed by atoms with van der Waals surface area (Å²) in [6.07, 6.45) is 3.65. The minimum absolute atomic E-state index is 0.348. The number of amides is 1. The lowest BCUT2D eigenvalue weighted by molar-refractivity contribution is 0.100. The second-order valence-electron chi connectivity index (χ2n) is 3.30. The molecule has 0 atom stereocenters. The lowest BCUT2D eigenvalue weighted by atomic mass is 10.2. The Morgan fingerprint density at radius 3 is 2.76 bits per heavy atom. The largest absolute Gasteiger partial charge is 0.494 e. The number of hydrogen-bond acceptors (Lipinski definition) is 2. The van der Waals surface area contributed by atoms with E-state index in [4.69, 9.17) is 10.3 Å². The standard InChI is InChI=1S/C12H13N3O2/c1-2-3-4-9-17-11-7-5-10(6-8-11)12(16)14-15-13/h2,5-8H,1,3-4,9H2. The van der Waals surface area contributed by atoms with Crippen LogP contribution < -0.4 is 4.74 Å². The van der Waals surface area contributed by atoms with Crippen molar-refractivity contribution in [1.29, 1.82) is 0 Å². The minimum Gasteiger partial charge on any atom is -0.494 e. The van der Waals surface area contributed by atoms with Gasteiger partial charge in [-0.15, -0.1) is 6.58 Å². The molecule has 0 spiro atoms. The van der Waals surface area contributed by atoms with Crippen LogP contribution in [0.5, 0.6) is 5.75 Å². The molecule has 1 aromatic carbocycles. The number of carbonyl (C=O) groups is 1. The summed E-state index contributed by atoms with van der Waals surface area (Å²) in [6, 6.07) is 6.49. The van der Waals surface area contributed by atoms with E-state index >= 15 is 0 Å². The molecule has 0 bridgehead atoms. The third-order valence-corrected chi connectivity index (χ3v) is 2.06. The van der Waals surface area contributed by atoms with Gasteiger partial charge in [0.1, 0.15) is 5.75 Å². The lowest BCUT2D eigenvalue weighted by Crippen LogP contribution is -1.98. The average molecular weight is 231 g/mol. The number of carbonyl (C=O) groups excluding carboxylic acids is 1. The summed E-state index contributed by atoms with van der Waals surface area (Å²) < 4.78 is 5.44. The quantitative estimate of drug-likeness (QED) is 0.247. The van der Waals surface area contributed by atoms with Gasteiger partial charge in [0, 0.05) is 10.5 Å². The molecule has 0 N–H and O–H groups in total. The Morgan fingerprint density at radius 2 is 2.18 bits per heavy atom. The van der Waals surface area contributed by atoms with Crippen molar-refractivity contribution in [3.63, 3.8) is 0 Å². The Morgan fingerprint density at radius 1 is 1.47 bits per heavy atom. The van der Waals surface area contributed by atoms with E-state index in [1.54, 1.807) is 24.3 Å². The molecule has 5 heteroatoms. The maximum atomic E-state index is 11.2. The summed E-state index contributed by atoms with van der Waals surface area (Å²) in [5, 5.41) is 3.00. The van der Waals surface area contributed by atoms with Crippen LogP contribution in [-0.2, 0) is 0 Å². The predicted molar refractivity (Wildman–Crippen MR) is 64.8 cm³/mol. The molecule has 0 fully saturated rings. The van der Waals surface area contributed by atoms with Gasteiger partial charge < -0.3 is 4.74 Å². The first kappa shape index (κ1) is 12.8. The second-order valence-corrected chi connectivity index (χ2v) is 3.30. The fourth-order valence-electron chi connectivity index (χ4n) is 1.21. The van der Waals surface area contributed by atoms with Crippen molar-refractivity contribution in [1.82, 2.24) is 0 Å². The number of benzene rings is 1. The van der Waals surface area contributed by atoms with Gasteiger partial charge in [0.2, 0.25) is 5.91 Å². The fourth-order valence-corrected chi connectivity index (χ4v) is 1.21. The normalized spacial score (nSPS) is 9.18. The Kier molecular flexibility index (Phi) is 5.34. The van der Waals surface area contributed by atoms with E-state index in [9.17, 15) is 4.79 Å². The molecule has 0 heterocycles. The van der Waals surface area contributed by atoms with Gasteiger partial charge in [-0.3, -0.25) is 4.79 Å². The maximum absolute atomic E-state index is 11.2. The summed E-state index contributed by atoms with van der Waals surface area (Å²) in [7, 11) is 0. The highest BCUT2D eigenvalue weighted by molar-refractivity contribution is 5.94. The number of rotatable bonds is 6. The third kappa shape index (κ3) is 4.40. The number of ether oxygens (including phenoxy) is 1. The summed E-state index contributed by atoms with van der Waals surface area (Å²) in [6.45, 7) is 4.23. The van der Waals surface area contributed by atoms with E-state index in [0.717, 1.165) is 12.8 Å². The fraction of sp³-hybridized carbons (Fsp3) is 0.250. The first-order chi connectivity index (χ1) is 8.27. The Balaban J connectivity index is 2.52. The van der Waals surface area contributed by atoms with Crippen LogP contribution in [0.2, 0.25) is 0 Å². The topological polar surface area (TPSA) is 75.1 Å². The maximum Gasteiger partial charge on any atom is 0.249 e. The van der Waals surface area contributed by atoms with Gasteiger partial charge in [0.15, 0.2) is 0 Å². The summed E-state index contributed by atoms with van der Waals surface area (Å²) >= 11 is 0. The Bertz CT molecular complexity index is 434. The van der Waals surface area contributed by atoms with Crippen molar-refractivity contribution in [2.45, 2.75) is 12.8 Å². The summed E-state index contributed by atoms with van der Waals surface area (Å²) in [5.74, 6) is 0.0947. The number of nitrogens with zero attached hydrogens (tertiary/aromatic N) is 3. The molecule has 0 aliphatic carbocycles. The van der Waals surface area contributed by atoms with E-state index < -0.39 is 5.91 Å². The zero-order valence-corrected chi connectivity index (χ0v) is 9.37. The molecule has 0 saturated carbocycles. The van der Waals surface area contributed by atoms with Crippen LogP contribution in [0.4, 0.5) is 0 Å². The van der Waals surface area contributed by atoms with Crippen LogP contribution in [0.15, 0.2) is 42.0 Å². The molecule has 5 nitrogen and oxygen atoms in total. The predicted octanol–water partition coefficient (Wildman–Crippen LogP) is 3.48. The molecular weight excluding hydrogens is 218 g/mol. The monoisotopic (exact) mass is 231 g/mol. The van der Waals surface area contributed by atoms with Crippen LogP contribution >= 0.6 is 0 Å². The van der Waals surface area contributed by atoms with Crippen LogP contribution in [0.3, 0.4) is 0 Å². The van der Waals surface area contributed by atoms with Gasteiger partial charge in [-0.1, -0.05) is 6.08 Å². The molecule has 1 rings (SSSR count). The van der Waals surface area contributed by atoms with E-state index in [2.05, 4.69) is 16.6 Å². The molecule has 1 amide bonds. The average Bonchev–Trinajstić information content (AvgIpc) is 2.36. The second kappa shape index (κ2) is 7.09. The number of allylic oxidation sites excluding steroid dienone is 1. The van der Waals surface area contributed by atoms with Gasteiger partial charge in [0.05, 0.1) is 6.61 Å². The summed E-state index contributed by atoms with van der Waals surface area (Å²) in [5.41, 5.74) is 8.47. The van der Waals surface area contributed by atoms with Gasteiger partial charge in [-0.2, -0.15) is 0 Å². The van der Waals surface area contributed by atoms with E-state index in [1.807, 2.05) is 6.08 Å². The van der Waals surface area contributed by atoms with Gasteiger partial charge in [0.25, 0.3) is 0 Å². The van der Waals surface area contributed by atoms with Crippen molar-refractivity contribution < 1.29 is 9.53 Å². The van der Waals surface area contributed by atoms with E-state index in [-0.39, 0.29) is 0 Å². The molecule has 17 heavy (non-hydrogen) atoms. The first-order valence-electron chi connectivity index (χ1n) is 5.21. The van der Waals surface area contributed by atoms with Gasteiger partial charge >= 0.3 is 0 Å². The highest BCUT2D eigenvalue weighted by Crippen LogP contribution is 2.13. The van der Waals surface area contributed by atoms with Crippen LogP contribution in [0.1, 0.15) is 23.2 Å². The highest BCUT2D eigenvalue weighted by atomic mass is 16.5. The molecule has 0 unspecified atom stereocenters. The number of hydrogen-bond donors (Lipinski definition) is 0. The van der Waals surface area contributed by atoms with Gasteiger partial charge in [-0.25, -0.2) is 0 Å². The Labute approximate surface area is 99.3 Å². The van der Waals surface area contributed by atoms with Crippen LogP contribution in [0, 0.1) is 0 Å². The molecule has 0 aromatic heterocycles. The van der Waals surface area contributed by atoms with Crippen molar-refractivity contribution in [2.24, 2.45) is 5.11 Å². The molecule has 0 radical (unpaired) electrons. The first-order valence-corrected chi connectivity index (χ1v) is 5.21. The van der Waals surface area contributed by atoms with E-state index in [1.165, 1.54) is 0 Å². The van der Waals surface area contributed by atoms with Crippen molar-refractivity contribution >= 4 is 5.91 Å². The molecule has 0 aliphatic rings. The molecule has 0 saturated heterocycles. The minimum atomic E-state index is -0.592. The Hall–Kier alpha value is -2.26. The third-order valence-electron chi connectivity index (χ3n) is 2.06. The number of unbranched alkanes of at least 4 members (excludes halogenated alkanes) is 1. The zero-order chi connectivity index (χ0) is 12.5. The highest BCUT2D eigenvalue weighted by Gasteiger charge is 2.02. The van der Waals surface area contributed by atoms with Crippen LogP contribution in [-0.4, -0.2) is 12.5 Å². The molecule has 0 aliphatic heterocycles.